The van der Waals surface area contributed by atoms with Gasteiger partial charge in [-0.05, 0) is 41.7 Å². The molecule has 1 aromatic carbocycles. The van der Waals surface area contributed by atoms with Gasteiger partial charge in [-0.2, -0.15) is 0 Å². The average molecular weight is 404 g/mol. The second-order valence-electron chi connectivity index (χ2n) is 8.24. The molecule has 2 fully saturated rings. The number of pyridine rings is 1. The van der Waals surface area contributed by atoms with Gasteiger partial charge in [0.15, 0.2) is 0 Å². The molecule has 156 valence electrons. The molecule has 5 heteroatoms. The number of hydrogen-bond acceptors (Lipinski definition) is 3. The molecule has 30 heavy (non-hydrogen) atoms. The van der Waals surface area contributed by atoms with Crippen LogP contribution in [0.25, 0.3) is 11.1 Å². The van der Waals surface area contributed by atoms with Crippen LogP contribution in [0.2, 0.25) is 0 Å². The van der Waals surface area contributed by atoms with E-state index >= 15 is 0 Å². The van der Waals surface area contributed by atoms with Crippen molar-refractivity contribution in [2.75, 3.05) is 19.6 Å². The predicted molar refractivity (Wildman–Crippen MR) is 118 cm³/mol. The quantitative estimate of drug-likeness (QED) is 0.691. The lowest BCUT2D eigenvalue weighted by molar-refractivity contribution is -0.153. The Kier molecular flexibility index (Phi) is 6.26. The summed E-state index contributed by atoms with van der Waals surface area (Å²) in [6.45, 7) is 5.49. The highest BCUT2D eigenvalue weighted by Crippen LogP contribution is 2.29. The van der Waals surface area contributed by atoms with E-state index in [-0.39, 0.29) is 17.7 Å². The average Bonchev–Trinajstić information content (AvgIpc) is 3.32. The second kappa shape index (κ2) is 9.24. The molecule has 2 aromatic rings. The molecular weight excluding hydrogens is 374 g/mol. The minimum Gasteiger partial charge on any atom is -0.335 e. The Hall–Kier alpha value is -2.95. The Balaban J connectivity index is 1.54. The number of piperazine rings is 1. The van der Waals surface area contributed by atoms with Gasteiger partial charge in [0.1, 0.15) is 6.04 Å². The zero-order valence-electron chi connectivity index (χ0n) is 17.4. The molecule has 2 heterocycles. The molecule has 2 amide bonds. The number of aromatic nitrogens is 1. The molecule has 0 bridgehead atoms. The number of carbonyl (C=O) groups is 2. The molecule has 1 aliphatic carbocycles. The van der Waals surface area contributed by atoms with Gasteiger partial charge < -0.3 is 9.80 Å². The molecule has 0 unspecified atom stereocenters. The molecule has 1 saturated heterocycles. The topological polar surface area (TPSA) is 53.5 Å². The first-order valence-corrected chi connectivity index (χ1v) is 10.9. The molecule has 0 N–H and O–H groups in total. The molecule has 0 radical (unpaired) electrons. The first kappa shape index (κ1) is 20.3. The van der Waals surface area contributed by atoms with Crippen LogP contribution in [-0.4, -0.2) is 52.3 Å². The maximum atomic E-state index is 13.2. The standard InChI is InChI=1S/C25H29N3O2/c1-2-15-27-16-17-28(24(29)22-5-3-4-6-22)23(25(27)30)18-19-7-9-20(10-8-19)21-11-13-26-14-12-21/h2,7-14,22-23H,1,3-6,15-18H2/t23-/m1/s1. The van der Waals surface area contributed by atoms with Gasteiger partial charge in [-0.3, -0.25) is 14.6 Å². The summed E-state index contributed by atoms with van der Waals surface area (Å²) in [5.41, 5.74) is 3.29. The number of rotatable bonds is 6. The summed E-state index contributed by atoms with van der Waals surface area (Å²) in [6.07, 6.45) is 9.99. The van der Waals surface area contributed by atoms with Crippen LogP contribution in [0.15, 0.2) is 61.4 Å². The lowest BCUT2D eigenvalue weighted by Gasteiger charge is -2.41. The second-order valence-corrected chi connectivity index (χ2v) is 8.24. The summed E-state index contributed by atoms with van der Waals surface area (Å²) in [4.78, 5) is 34.1. The van der Waals surface area contributed by atoms with Crippen LogP contribution in [0, 0.1) is 5.92 Å². The van der Waals surface area contributed by atoms with E-state index in [4.69, 9.17) is 0 Å². The van der Waals surface area contributed by atoms with Gasteiger partial charge in [-0.1, -0.05) is 43.2 Å². The van der Waals surface area contributed by atoms with Gasteiger partial charge >= 0.3 is 0 Å². The Morgan fingerprint density at radius 1 is 1.03 bits per heavy atom. The van der Waals surface area contributed by atoms with E-state index in [0.29, 0.717) is 26.1 Å². The number of carbonyl (C=O) groups excluding carboxylic acids is 2. The van der Waals surface area contributed by atoms with Crippen LogP contribution in [0.5, 0.6) is 0 Å². The van der Waals surface area contributed by atoms with E-state index in [0.717, 1.165) is 42.4 Å². The van der Waals surface area contributed by atoms with Gasteiger partial charge in [-0.15, -0.1) is 6.58 Å². The Bertz CT molecular complexity index is 888. The van der Waals surface area contributed by atoms with Crippen LogP contribution >= 0.6 is 0 Å². The van der Waals surface area contributed by atoms with Crippen LogP contribution in [0.4, 0.5) is 0 Å². The fraction of sp³-hybridized carbons (Fsp3) is 0.400. The van der Waals surface area contributed by atoms with E-state index in [1.54, 1.807) is 18.5 Å². The van der Waals surface area contributed by atoms with Gasteiger partial charge in [0.05, 0.1) is 0 Å². The normalized spacial score (nSPS) is 19.9. The van der Waals surface area contributed by atoms with Gasteiger partial charge in [0.2, 0.25) is 11.8 Å². The largest absolute Gasteiger partial charge is 0.335 e. The molecule has 1 saturated carbocycles. The third-order valence-corrected chi connectivity index (χ3v) is 6.32. The molecule has 2 aliphatic rings. The van der Waals surface area contributed by atoms with E-state index < -0.39 is 6.04 Å². The van der Waals surface area contributed by atoms with E-state index in [1.165, 1.54) is 0 Å². The summed E-state index contributed by atoms with van der Waals surface area (Å²) in [7, 11) is 0. The first-order chi connectivity index (χ1) is 14.7. The first-order valence-electron chi connectivity index (χ1n) is 10.9. The maximum absolute atomic E-state index is 13.2. The molecule has 4 rings (SSSR count). The zero-order valence-corrected chi connectivity index (χ0v) is 17.4. The number of benzene rings is 1. The summed E-state index contributed by atoms with van der Waals surface area (Å²) in [5.74, 6) is 0.281. The lowest BCUT2D eigenvalue weighted by atomic mass is 9.96. The molecule has 1 aromatic heterocycles. The molecule has 5 nitrogen and oxygen atoms in total. The third-order valence-electron chi connectivity index (χ3n) is 6.32. The van der Waals surface area contributed by atoms with Crippen molar-refractivity contribution >= 4 is 11.8 Å². The van der Waals surface area contributed by atoms with E-state index in [9.17, 15) is 9.59 Å². The van der Waals surface area contributed by atoms with Crippen molar-refractivity contribution in [1.29, 1.82) is 0 Å². The number of hydrogen-bond donors (Lipinski definition) is 0. The third kappa shape index (κ3) is 4.30. The minimum absolute atomic E-state index is 0.0331. The van der Waals surface area contributed by atoms with Gasteiger partial charge in [0, 0.05) is 44.4 Å². The zero-order chi connectivity index (χ0) is 20.9. The predicted octanol–water partition coefficient (Wildman–Crippen LogP) is 3.71. The van der Waals surface area contributed by atoms with E-state index in [1.807, 2.05) is 21.9 Å². The van der Waals surface area contributed by atoms with Crippen molar-refractivity contribution in [2.24, 2.45) is 5.92 Å². The smallest absolute Gasteiger partial charge is 0.246 e. The van der Waals surface area contributed by atoms with Crippen molar-refractivity contribution in [1.82, 2.24) is 14.8 Å². The Morgan fingerprint density at radius 3 is 2.37 bits per heavy atom. The molecule has 1 atom stereocenters. The summed E-state index contributed by atoms with van der Waals surface area (Å²) in [5, 5.41) is 0. The minimum atomic E-state index is -0.432. The fourth-order valence-electron chi connectivity index (χ4n) is 4.65. The summed E-state index contributed by atoms with van der Waals surface area (Å²) >= 11 is 0. The Labute approximate surface area is 178 Å². The number of nitrogens with zero attached hydrogens (tertiary/aromatic N) is 3. The molecule has 0 spiro atoms. The van der Waals surface area contributed by atoms with Crippen LogP contribution in [-0.2, 0) is 16.0 Å². The summed E-state index contributed by atoms with van der Waals surface area (Å²) in [6, 6.07) is 11.8. The van der Waals surface area contributed by atoms with Crippen molar-refractivity contribution in [3.63, 3.8) is 0 Å². The highest BCUT2D eigenvalue weighted by atomic mass is 16.2. The van der Waals surface area contributed by atoms with Crippen LogP contribution < -0.4 is 0 Å². The lowest BCUT2D eigenvalue weighted by Crippen LogP contribution is -2.60. The van der Waals surface area contributed by atoms with Gasteiger partial charge in [0.25, 0.3) is 0 Å². The SMILES string of the molecule is C=CCN1CCN(C(=O)C2CCCC2)[C@H](Cc2ccc(-c3ccncc3)cc2)C1=O. The maximum Gasteiger partial charge on any atom is 0.246 e. The fourth-order valence-corrected chi connectivity index (χ4v) is 4.65. The van der Waals surface area contributed by atoms with Crippen LogP contribution in [0.1, 0.15) is 31.2 Å². The monoisotopic (exact) mass is 403 g/mol. The highest BCUT2D eigenvalue weighted by Gasteiger charge is 2.39. The van der Waals surface area contributed by atoms with Crippen molar-refractivity contribution in [3.8, 4) is 11.1 Å². The highest BCUT2D eigenvalue weighted by molar-refractivity contribution is 5.90. The summed E-state index contributed by atoms with van der Waals surface area (Å²) < 4.78 is 0. The number of amides is 2. The van der Waals surface area contributed by atoms with Crippen molar-refractivity contribution < 1.29 is 9.59 Å². The van der Waals surface area contributed by atoms with Crippen molar-refractivity contribution in [3.05, 3.63) is 67.0 Å². The van der Waals surface area contributed by atoms with Crippen LogP contribution in [0.3, 0.4) is 0 Å². The molecular formula is C25H29N3O2. The Morgan fingerprint density at radius 2 is 1.70 bits per heavy atom. The van der Waals surface area contributed by atoms with Crippen molar-refractivity contribution in [2.45, 2.75) is 38.1 Å². The molecule has 1 aliphatic heterocycles. The van der Waals surface area contributed by atoms with Gasteiger partial charge in [-0.25, -0.2) is 0 Å². The van der Waals surface area contributed by atoms with E-state index in [2.05, 4.69) is 35.8 Å².